The lowest BCUT2D eigenvalue weighted by Crippen LogP contribution is -2.40. The van der Waals surface area contributed by atoms with Gasteiger partial charge in [-0.3, -0.25) is 19.4 Å². The Balaban J connectivity index is 1.66. The number of halogens is 1. The number of rotatable bonds is 3. The number of benzene rings is 1. The van der Waals surface area contributed by atoms with Gasteiger partial charge in [-0.2, -0.15) is 4.98 Å². The number of nitrogens with one attached hydrogen (secondary N) is 3. The molecule has 3 N–H and O–H groups in total. The van der Waals surface area contributed by atoms with Gasteiger partial charge in [-0.25, -0.2) is 0 Å². The highest BCUT2D eigenvalue weighted by atomic mass is 35.5. The second-order valence-corrected chi connectivity index (χ2v) is 8.03. The van der Waals surface area contributed by atoms with Gasteiger partial charge in [-0.05, 0) is 30.9 Å². The maximum Gasteiger partial charge on any atom is 0.258 e. The van der Waals surface area contributed by atoms with Crippen LogP contribution < -0.4 is 21.1 Å². The number of H-pyrrole nitrogens is 1. The second kappa shape index (κ2) is 7.87. The summed E-state index contributed by atoms with van der Waals surface area (Å²) in [5, 5.41) is 5.74. The minimum Gasteiger partial charge on any atom is -0.342 e. The fourth-order valence-corrected chi connectivity index (χ4v) is 4.08. The predicted molar refractivity (Wildman–Crippen MR) is 112 cm³/mol. The average molecular weight is 416 g/mol. The SMILES string of the molecule is C[C@H]1CCCN(c2nc3c(c(=O)[nH]2)[C@@H](C(=O)Nc2ccccc2Cl)CC(=O)N3)C1. The molecule has 0 radical (unpaired) electrons. The summed E-state index contributed by atoms with van der Waals surface area (Å²) in [6, 6.07) is 6.80. The van der Waals surface area contributed by atoms with E-state index in [9.17, 15) is 14.4 Å². The van der Waals surface area contributed by atoms with E-state index in [1.807, 2.05) is 4.90 Å². The minimum atomic E-state index is -0.944. The molecule has 3 heterocycles. The summed E-state index contributed by atoms with van der Waals surface area (Å²) < 4.78 is 0. The standard InChI is InChI=1S/C20H22ClN5O3/c1-11-5-4-8-26(10-11)20-24-17-16(19(29)25-20)12(9-15(27)23-17)18(28)22-14-7-3-2-6-13(14)21/h2-3,6-7,11-12H,4-5,8-10H2,1H3,(H,22,28)(H2,23,24,25,27,29)/t11-,12-/m0/s1. The predicted octanol–water partition coefficient (Wildman–Crippen LogP) is 2.72. The Labute approximate surface area is 172 Å². The molecule has 2 aromatic rings. The third kappa shape index (κ3) is 3.98. The van der Waals surface area contributed by atoms with E-state index in [-0.39, 0.29) is 23.7 Å². The normalized spacial score (nSPS) is 21.3. The fourth-order valence-electron chi connectivity index (χ4n) is 3.90. The van der Waals surface area contributed by atoms with Crippen LogP contribution in [0.15, 0.2) is 29.1 Å². The first kappa shape index (κ1) is 19.4. The van der Waals surface area contributed by atoms with Gasteiger partial charge < -0.3 is 15.5 Å². The number of amides is 2. The van der Waals surface area contributed by atoms with E-state index in [1.165, 1.54) is 0 Å². The van der Waals surface area contributed by atoms with E-state index < -0.39 is 17.4 Å². The molecule has 9 heteroatoms. The van der Waals surface area contributed by atoms with Crippen LogP contribution >= 0.6 is 11.6 Å². The van der Waals surface area contributed by atoms with Gasteiger partial charge >= 0.3 is 0 Å². The highest BCUT2D eigenvalue weighted by Gasteiger charge is 2.35. The molecular formula is C20H22ClN5O3. The van der Waals surface area contributed by atoms with Crippen molar-refractivity contribution in [3.8, 4) is 0 Å². The topological polar surface area (TPSA) is 107 Å². The molecule has 29 heavy (non-hydrogen) atoms. The number of hydrogen-bond acceptors (Lipinski definition) is 5. The van der Waals surface area contributed by atoms with Gasteiger partial charge in [0.25, 0.3) is 5.56 Å². The van der Waals surface area contributed by atoms with E-state index >= 15 is 0 Å². The summed E-state index contributed by atoms with van der Waals surface area (Å²) in [6.45, 7) is 3.72. The molecule has 0 saturated carbocycles. The first-order chi connectivity index (χ1) is 13.9. The number of aromatic amines is 1. The quantitative estimate of drug-likeness (QED) is 0.714. The molecule has 0 unspecified atom stereocenters. The molecular weight excluding hydrogens is 394 g/mol. The maximum absolute atomic E-state index is 12.9. The summed E-state index contributed by atoms with van der Waals surface area (Å²) in [5.74, 6) is -0.701. The number of para-hydroxylation sites is 1. The summed E-state index contributed by atoms with van der Waals surface area (Å²) in [6.07, 6.45) is 2.01. The molecule has 1 aromatic heterocycles. The molecule has 1 fully saturated rings. The van der Waals surface area contributed by atoms with Crippen LogP contribution in [0, 0.1) is 5.92 Å². The molecule has 4 rings (SSSR count). The number of carbonyl (C=O) groups excluding carboxylic acids is 2. The molecule has 2 aliphatic heterocycles. The zero-order valence-corrected chi connectivity index (χ0v) is 16.8. The van der Waals surface area contributed by atoms with Gasteiger partial charge in [-0.1, -0.05) is 30.7 Å². The summed E-state index contributed by atoms with van der Waals surface area (Å²) in [5.41, 5.74) is 0.181. The van der Waals surface area contributed by atoms with Crippen molar-refractivity contribution in [3.05, 3.63) is 45.2 Å². The third-order valence-electron chi connectivity index (χ3n) is 5.34. The van der Waals surface area contributed by atoms with Crippen molar-refractivity contribution in [2.24, 2.45) is 5.92 Å². The van der Waals surface area contributed by atoms with Gasteiger partial charge in [0, 0.05) is 19.5 Å². The van der Waals surface area contributed by atoms with Crippen molar-refractivity contribution in [2.45, 2.75) is 32.1 Å². The molecule has 8 nitrogen and oxygen atoms in total. The Kier molecular flexibility index (Phi) is 5.27. The molecule has 152 valence electrons. The highest BCUT2D eigenvalue weighted by Crippen LogP contribution is 2.31. The zero-order valence-electron chi connectivity index (χ0n) is 16.0. The van der Waals surface area contributed by atoms with Crippen LogP contribution in [0.25, 0.3) is 0 Å². The van der Waals surface area contributed by atoms with Crippen molar-refractivity contribution >= 4 is 40.9 Å². The van der Waals surface area contributed by atoms with Gasteiger partial charge in [0.15, 0.2) is 0 Å². The summed E-state index contributed by atoms with van der Waals surface area (Å²) in [4.78, 5) is 47.3. The van der Waals surface area contributed by atoms with Crippen molar-refractivity contribution in [3.63, 3.8) is 0 Å². The fraction of sp³-hybridized carbons (Fsp3) is 0.400. The third-order valence-corrected chi connectivity index (χ3v) is 5.67. The number of carbonyl (C=O) groups is 2. The lowest BCUT2D eigenvalue weighted by Gasteiger charge is -2.32. The van der Waals surface area contributed by atoms with Crippen LogP contribution in [0.4, 0.5) is 17.5 Å². The molecule has 2 amide bonds. The lowest BCUT2D eigenvalue weighted by atomic mass is 9.92. The lowest BCUT2D eigenvalue weighted by molar-refractivity contribution is -0.123. The van der Waals surface area contributed by atoms with Crippen LogP contribution in [0.1, 0.15) is 37.7 Å². The Morgan fingerprint density at radius 2 is 2.10 bits per heavy atom. The first-order valence-electron chi connectivity index (χ1n) is 9.66. The van der Waals surface area contributed by atoms with Gasteiger partial charge in [0.05, 0.1) is 22.2 Å². The zero-order chi connectivity index (χ0) is 20.5. The van der Waals surface area contributed by atoms with E-state index in [0.29, 0.717) is 22.6 Å². The minimum absolute atomic E-state index is 0.131. The number of nitrogens with zero attached hydrogens (tertiary/aromatic N) is 2. The average Bonchev–Trinajstić information content (AvgIpc) is 2.68. The number of hydrogen-bond donors (Lipinski definition) is 3. The van der Waals surface area contributed by atoms with Gasteiger partial charge in [0.2, 0.25) is 17.8 Å². The first-order valence-corrected chi connectivity index (χ1v) is 10.0. The molecule has 2 aliphatic rings. The molecule has 1 saturated heterocycles. The van der Waals surface area contributed by atoms with Crippen LogP contribution in [0.2, 0.25) is 5.02 Å². The van der Waals surface area contributed by atoms with Crippen LogP contribution in [0.3, 0.4) is 0 Å². The Bertz CT molecular complexity index is 1020. The van der Waals surface area contributed by atoms with Gasteiger partial charge in [-0.15, -0.1) is 0 Å². The maximum atomic E-state index is 12.9. The van der Waals surface area contributed by atoms with Crippen molar-refractivity contribution in [1.82, 2.24) is 9.97 Å². The van der Waals surface area contributed by atoms with Crippen molar-refractivity contribution < 1.29 is 9.59 Å². The van der Waals surface area contributed by atoms with E-state index in [0.717, 1.165) is 25.9 Å². The molecule has 0 bridgehead atoms. The smallest absolute Gasteiger partial charge is 0.258 e. The Morgan fingerprint density at radius 1 is 1.31 bits per heavy atom. The molecule has 0 spiro atoms. The Morgan fingerprint density at radius 3 is 2.86 bits per heavy atom. The van der Waals surface area contributed by atoms with Crippen LogP contribution in [-0.4, -0.2) is 34.9 Å². The number of aromatic nitrogens is 2. The molecule has 1 aromatic carbocycles. The molecule has 2 atom stereocenters. The van der Waals surface area contributed by atoms with Crippen molar-refractivity contribution in [2.75, 3.05) is 28.6 Å². The summed E-state index contributed by atoms with van der Waals surface area (Å²) >= 11 is 6.11. The second-order valence-electron chi connectivity index (χ2n) is 7.62. The van der Waals surface area contributed by atoms with Crippen LogP contribution in [-0.2, 0) is 9.59 Å². The number of fused-ring (bicyclic) bond motifs is 1. The van der Waals surface area contributed by atoms with Crippen LogP contribution in [0.5, 0.6) is 0 Å². The largest absolute Gasteiger partial charge is 0.342 e. The highest BCUT2D eigenvalue weighted by molar-refractivity contribution is 6.33. The monoisotopic (exact) mass is 415 g/mol. The summed E-state index contributed by atoms with van der Waals surface area (Å²) in [7, 11) is 0. The molecule has 0 aliphatic carbocycles. The van der Waals surface area contributed by atoms with E-state index in [4.69, 9.17) is 11.6 Å². The van der Waals surface area contributed by atoms with Crippen molar-refractivity contribution in [1.29, 1.82) is 0 Å². The van der Waals surface area contributed by atoms with E-state index in [2.05, 4.69) is 27.5 Å². The number of anilines is 3. The Hall–Kier alpha value is -2.87. The van der Waals surface area contributed by atoms with E-state index in [1.54, 1.807) is 24.3 Å². The number of piperidine rings is 1. The van der Waals surface area contributed by atoms with Gasteiger partial charge in [0.1, 0.15) is 5.82 Å².